The molecule has 1 heterocycles. The van der Waals surface area contributed by atoms with Crippen LogP contribution in [0.5, 0.6) is 0 Å². The van der Waals surface area contributed by atoms with E-state index >= 15 is 0 Å². The average Bonchev–Trinajstić information content (AvgIpc) is 2.62. The van der Waals surface area contributed by atoms with Crippen LogP contribution in [0.15, 0.2) is 48.5 Å². The Balaban J connectivity index is 0.00000182. The van der Waals surface area contributed by atoms with Gasteiger partial charge in [0.15, 0.2) is 0 Å². The van der Waals surface area contributed by atoms with Crippen LogP contribution in [0.3, 0.4) is 0 Å². The molecule has 2 aromatic carbocycles. The van der Waals surface area contributed by atoms with E-state index < -0.39 is 6.04 Å². The van der Waals surface area contributed by atoms with Crippen molar-refractivity contribution in [2.75, 3.05) is 18.4 Å². The number of nitrogens with zero attached hydrogens (tertiary/aromatic N) is 1. The van der Waals surface area contributed by atoms with Crippen LogP contribution in [0.2, 0.25) is 0 Å². The van der Waals surface area contributed by atoms with Gasteiger partial charge in [-0.1, -0.05) is 42.0 Å². The van der Waals surface area contributed by atoms with Crippen molar-refractivity contribution in [3.05, 3.63) is 65.2 Å². The molecule has 1 fully saturated rings. The molecule has 0 saturated carbocycles. The van der Waals surface area contributed by atoms with Crippen LogP contribution < -0.4 is 11.1 Å². The minimum absolute atomic E-state index is 0. The summed E-state index contributed by atoms with van der Waals surface area (Å²) in [4.78, 5) is 14.6. The molecule has 1 unspecified atom stereocenters. The van der Waals surface area contributed by atoms with Gasteiger partial charge in [-0.15, -0.1) is 24.8 Å². The number of aryl methyl sites for hydroxylation is 2. The fourth-order valence-electron chi connectivity index (χ4n) is 3.33. The fraction of sp³-hybridized carbons (Fsp3) is 0.381. The van der Waals surface area contributed by atoms with E-state index in [4.69, 9.17) is 5.73 Å². The van der Waals surface area contributed by atoms with E-state index in [0.717, 1.165) is 37.2 Å². The van der Waals surface area contributed by atoms with Crippen molar-refractivity contribution in [1.29, 1.82) is 0 Å². The van der Waals surface area contributed by atoms with Gasteiger partial charge < -0.3 is 16.0 Å². The van der Waals surface area contributed by atoms with Crippen molar-refractivity contribution in [2.45, 2.75) is 38.8 Å². The van der Waals surface area contributed by atoms with E-state index in [1.165, 1.54) is 11.1 Å². The lowest BCUT2D eigenvalue weighted by atomic mass is 10.0. The second-order valence-electron chi connectivity index (χ2n) is 7.00. The van der Waals surface area contributed by atoms with E-state index in [1.807, 2.05) is 36.1 Å². The maximum Gasteiger partial charge on any atom is 0.244 e. The number of nitrogens with one attached hydrogen (secondary N) is 1. The number of benzene rings is 2. The van der Waals surface area contributed by atoms with Crippen LogP contribution >= 0.6 is 24.8 Å². The topological polar surface area (TPSA) is 58.4 Å². The number of carbonyl (C=O) groups is 1. The Morgan fingerprint density at radius 1 is 1.04 bits per heavy atom. The summed E-state index contributed by atoms with van der Waals surface area (Å²) in [6, 6.07) is 16.1. The maximum atomic E-state index is 12.7. The minimum Gasteiger partial charge on any atom is -0.382 e. The zero-order chi connectivity index (χ0) is 17.8. The zero-order valence-corrected chi connectivity index (χ0v) is 17.5. The van der Waals surface area contributed by atoms with Gasteiger partial charge in [0.1, 0.15) is 6.04 Å². The molecule has 1 aliphatic heterocycles. The number of piperidine rings is 1. The van der Waals surface area contributed by atoms with Gasteiger partial charge in [0.2, 0.25) is 5.91 Å². The highest BCUT2D eigenvalue weighted by atomic mass is 35.5. The number of carbonyl (C=O) groups excluding carboxylic acids is 1. The number of hydrogen-bond donors (Lipinski definition) is 2. The predicted octanol–water partition coefficient (Wildman–Crippen LogP) is 4.25. The first-order valence-electron chi connectivity index (χ1n) is 8.97. The fourth-order valence-corrected chi connectivity index (χ4v) is 3.33. The monoisotopic (exact) mass is 409 g/mol. The second kappa shape index (κ2) is 10.5. The number of halogens is 2. The number of hydrogen-bond acceptors (Lipinski definition) is 3. The van der Waals surface area contributed by atoms with Gasteiger partial charge in [-0.2, -0.15) is 0 Å². The zero-order valence-electron chi connectivity index (χ0n) is 15.9. The van der Waals surface area contributed by atoms with Crippen molar-refractivity contribution in [3.8, 4) is 0 Å². The van der Waals surface area contributed by atoms with Crippen LogP contribution in [0, 0.1) is 13.8 Å². The summed E-state index contributed by atoms with van der Waals surface area (Å²) >= 11 is 0. The Morgan fingerprint density at radius 3 is 2.26 bits per heavy atom. The molecule has 148 valence electrons. The van der Waals surface area contributed by atoms with E-state index in [0.29, 0.717) is 6.04 Å². The van der Waals surface area contributed by atoms with Crippen molar-refractivity contribution >= 4 is 36.4 Å². The summed E-state index contributed by atoms with van der Waals surface area (Å²) in [5.74, 6) is 0.0258. The Kier molecular flexibility index (Phi) is 9.10. The molecule has 3 rings (SSSR count). The molecule has 1 saturated heterocycles. The Hall–Kier alpha value is -1.75. The van der Waals surface area contributed by atoms with Crippen LogP contribution in [-0.4, -0.2) is 29.9 Å². The number of likely N-dealkylation sites (tertiary alicyclic amines) is 1. The molecular formula is C21H29Cl2N3O. The molecular weight excluding hydrogens is 381 g/mol. The molecule has 1 atom stereocenters. The van der Waals surface area contributed by atoms with Crippen molar-refractivity contribution in [1.82, 2.24) is 4.90 Å². The Bertz CT molecular complexity index is 728. The quantitative estimate of drug-likeness (QED) is 0.792. The number of amides is 1. The summed E-state index contributed by atoms with van der Waals surface area (Å²) in [5, 5.41) is 3.58. The number of anilines is 1. The van der Waals surface area contributed by atoms with Gasteiger partial charge >= 0.3 is 0 Å². The van der Waals surface area contributed by atoms with Crippen molar-refractivity contribution < 1.29 is 4.79 Å². The van der Waals surface area contributed by atoms with E-state index in [9.17, 15) is 4.79 Å². The summed E-state index contributed by atoms with van der Waals surface area (Å²) in [6.07, 6.45) is 1.89. The lowest BCUT2D eigenvalue weighted by Crippen LogP contribution is -2.45. The van der Waals surface area contributed by atoms with Crippen LogP contribution in [-0.2, 0) is 4.79 Å². The Morgan fingerprint density at radius 2 is 1.67 bits per heavy atom. The second-order valence-corrected chi connectivity index (χ2v) is 7.00. The van der Waals surface area contributed by atoms with Crippen LogP contribution in [0.25, 0.3) is 0 Å². The molecule has 0 bridgehead atoms. The third kappa shape index (κ3) is 6.13. The SMILES string of the molecule is Cc1ccc(C(N)C(=O)N2CCC(Nc3cccc(C)c3)CC2)cc1.Cl.Cl. The largest absolute Gasteiger partial charge is 0.382 e. The van der Waals surface area contributed by atoms with Gasteiger partial charge in [0.05, 0.1) is 0 Å². The first-order chi connectivity index (χ1) is 12.0. The van der Waals surface area contributed by atoms with Gasteiger partial charge in [-0.05, 0) is 49.9 Å². The molecule has 1 aliphatic rings. The maximum absolute atomic E-state index is 12.7. The molecule has 0 aromatic heterocycles. The Labute approximate surface area is 174 Å². The molecule has 1 amide bonds. The van der Waals surface area contributed by atoms with Gasteiger partial charge in [-0.3, -0.25) is 4.79 Å². The molecule has 4 nitrogen and oxygen atoms in total. The molecule has 6 heteroatoms. The summed E-state index contributed by atoms with van der Waals surface area (Å²) < 4.78 is 0. The standard InChI is InChI=1S/C21H27N3O.2ClH/c1-15-6-8-17(9-7-15)20(22)21(25)24-12-10-18(11-13-24)23-19-5-3-4-16(2)14-19;;/h3-9,14,18,20,23H,10-13,22H2,1-2H3;2*1H. The highest BCUT2D eigenvalue weighted by Gasteiger charge is 2.27. The average molecular weight is 410 g/mol. The van der Waals surface area contributed by atoms with Gasteiger partial charge in [0.25, 0.3) is 0 Å². The first-order valence-corrected chi connectivity index (χ1v) is 8.97. The third-order valence-electron chi connectivity index (χ3n) is 4.90. The van der Waals surface area contributed by atoms with Gasteiger partial charge in [-0.25, -0.2) is 0 Å². The minimum atomic E-state index is -0.568. The molecule has 0 aliphatic carbocycles. The summed E-state index contributed by atoms with van der Waals surface area (Å²) in [5.41, 5.74) is 10.7. The smallest absolute Gasteiger partial charge is 0.244 e. The predicted molar refractivity (Wildman–Crippen MR) is 117 cm³/mol. The van der Waals surface area contributed by atoms with Crippen LogP contribution in [0.1, 0.15) is 35.6 Å². The molecule has 2 aromatic rings. The van der Waals surface area contributed by atoms with E-state index in [1.54, 1.807) is 0 Å². The molecule has 3 N–H and O–H groups in total. The normalized spacial score (nSPS) is 15.3. The van der Waals surface area contributed by atoms with Crippen molar-refractivity contribution in [2.24, 2.45) is 5.73 Å². The number of rotatable bonds is 4. The molecule has 27 heavy (non-hydrogen) atoms. The lowest BCUT2D eigenvalue weighted by molar-refractivity contribution is -0.133. The van der Waals surface area contributed by atoms with Crippen LogP contribution in [0.4, 0.5) is 5.69 Å². The summed E-state index contributed by atoms with van der Waals surface area (Å²) in [7, 11) is 0. The summed E-state index contributed by atoms with van der Waals surface area (Å²) in [6.45, 7) is 5.63. The molecule has 0 spiro atoms. The highest BCUT2D eigenvalue weighted by molar-refractivity contribution is 5.85. The molecule has 0 radical (unpaired) electrons. The first kappa shape index (κ1) is 23.3. The third-order valence-corrected chi connectivity index (χ3v) is 4.90. The van der Waals surface area contributed by atoms with E-state index in [2.05, 4.69) is 36.5 Å². The van der Waals surface area contributed by atoms with Gasteiger partial charge in [0, 0.05) is 24.8 Å². The highest BCUT2D eigenvalue weighted by Crippen LogP contribution is 2.21. The van der Waals surface area contributed by atoms with E-state index in [-0.39, 0.29) is 30.7 Å². The lowest BCUT2D eigenvalue weighted by Gasteiger charge is -2.34. The van der Waals surface area contributed by atoms with Crippen molar-refractivity contribution in [3.63, 3.8) is 0 Å². The number of nitrogens with two attached hydrogens (primary N) is 1.